The van der Waals surface area contributed by atoms with Gasteiger partial charge in [0.2, 0.25) is 0 Å². The summed E-state index contributed by atoms with van der Waals surface area (Å²) in [6, 6.07) is 10.3. The van der Waals surface area contributed by atoms with Crippen molar-refractivity contribution in [3.05, 3.63) is 35.9 Å². The fourth-order valence-electron chi connectivity index (χ4n) is 4.36. The molecule has 154 valence electrons. The van der Waals surface area contributed by atoms with Crippen LogP contribution in [-0.2, 0) is 30.4 Å². The summed E-state index contributed by atoms with van der Waals surface area (Å²) in [5.74, 6) is -0.648. The molecule has 6 nitrogen and oxygen atoms in total. The van der Waals surface area contributed by atoms with Gasteiger partial charge in [-0.05, 0) is 44.6 Å². The van der Waals surface area contributed by atoms with Crippen molar-refractivity contribution in [3.63, 3.8) is 0 Å². The van der Waals surface area contributed by atoms with Gasteiger partial charge in [0.25, 0.3) is 0 Å². The maximum Gasteiger partial charge on any atom is 0.316 e. The Morgan fingerprint density at radius 2 is 1.89 bits per heavy atom. The van der Waals surface area contributed by atoms with E-state index in [1.54, 1.807) is 0 Å². The van der Waals surface area contributed by atoms with Crippen molar-refractivity contribution in [3.8, 4) is 0 Å². The molecule has 0 bridgehead atoms. The van der Waals surface area contributed by atoms with E-state index in [2.05, 4.69) is 5.32 Å². The molecule has 1 aromatic carbocycles. The van der Waals surface area contributed by atoms with Gasteiger partial charge in [0.05, 0.1) is 0 Å². The normalized spacial score (nSPS) is 26.6. The molecule has 2 fully saturated rings. The number of hydrogen-bond acceptors (Lipinski definition) is 6. The van der Waals surface area contributed by atoms with Gasteiger partial charge in [0, 0.05) is 32.2 Å². The average molecular weight is 389 g/mol. The smallest absolute Gasteiger partial charge is 0.316 e. The quantitative estimate of drug-likeness (QED) is 0.723. The highest BCUT2D eigenvalue weighted by atomic mass is 16.6. The van der Waals surface area contributed by atoms with E-state index in [0.717, 1.165) is 38.0 Å². The zero-order chi connectivity index (χ0) is 20.0. The average Bonchev–Trinajstić information content (AvgIpc) is 3.12. The second kappa shape index (κ2) is 9.52. The van der Waals surface area contributed by atoms with Crippen LogP contribution in [0.2, 0.25) is 0 Å². The van der Waals surface area contributed by atoms with Crippen molar-refractivity contribution in [2.75, 3.05) is 13.2 Å². The summed E-state index contributed by atoms with van der Waals surface area (Å²) in [4.78, 5) is 24.7. The molecule has 3 rings (SSSR count). The van der Waals surface area contributed by atoms with Crippen molar-refractivity contribution < 1.29 is 23.8 Å². The Kier molecular flexibility index (Phi) is 7.08. The summed E-state index contributed by atoms with van der Waals surface area (Å²) in [5, 5.41) is 3.68. The van der Waals surface area contributed by atoms with E-state index >= 15 is 0 Å². The van der Waals surface area contributed by atoms with Crippen LogP contribution in [-0.4, -0.2) is 43.3 Å². The van der Waals surface area contributed by atoms with Gasteiger partial charge in [0.1, 0.15) is 18.1 Å². The molecule has 28 heavy (non-hydrogen) atoms. The van der Waals surface area contributed by atoms with Gasteiger partial charge in [-0.1, -0.05) is 30.3 Å². The van der Waals surface area contributed by atoms with Crippen LogP contribution >= 0.6 is 0 Å². The molecular weight excluding hydrogens is 358 g/mol. The molecule has 0 amide bonds. The molecule has 1 heterocycles. The largest absolute Gasteiger partial charge is 0.462 e. The summed E-state index contributed by atoms with van der Waals surface area (Å²) in [7, 11) is 0. The summed E-state index contributed by atoms with van der Waals surface area (Å²) in [5.41, 5.74) is 0.143. The second-order valence-corrected chi connectivity index (χ2v) is 7.96. The molecule has 1 aromatic rings. The summed E-state index contributed by atoms with van der Waals surface area (Å²) < 4.78 is 16.6. The number of hydrogen-bond donors (Lipinski definition) is 1. The SMILES string of the molecule is CC(=O)OC(C)[C@]1(C(=O)OCc2ccccc2)CC[C@@H](NC2CCOCC2)C1. The van der Waals surface area contributed by atoms with E-state index in [0.29, 0.717) is 18.9 Å². The number of esters is 2. The van der Waals surface area contributed by atoms with Crippen LogP contribution in [0.1, 0.15) is 51.5 Å². The van der Waals surface area contributed by atoms with Crippen LogP contribution in [0, 0.1) is 5.41 Å². The molecule has 1 aliphatic heterocycles. The molecule has 1 unspecified atom stereocenters. The molecule has 1 saturated heterocycles. The maximum absolute atomic E-state index is 13.1. The first-order chi connectivity index (χ1) is 13.5. The number of ether oxygens (including phenoxy) is 3. The number of carbonyl (C=O) groups is 2. The molecule has 1 saturated carbocycles. The number of benzene rings is 1. The van der Waals surface area contributed by atoms with Gasteiger partial charge in [0.15, 0.2) is 0 Å². The van der Waals surface area contributed by atoms with Gasteiger partial charge in [-0.2, -0.15) is 0 Å². The van der Waals surface area contributed by atoms with Gasteiger partial charge < -0.3 is 19.5 Å². The lowest BCUT2D eigenvalue weighted by Crippen LogP contribution is -2.45. The molecule has 6 heteroatoms. The van der Waals surface area contributed by atoms with Gasteiger partial charge in [-0.3, -0.25) is 9.59 Å². The molecular formula is C22H31NO5. The van der Waals surface area contributed by atoms with Crippen LogP contribution in [0.4, 0.5) is 0 Å². The third kappa shape index (κ3) is 5.11. The third-order valence-electron chi connectivity index (χ3n) is 5.98. The molecule has 0 radical (unpaired) electrons. The zero-order valence-electron chi connectivity index (χ0n) is 16.8. The van der Waals surface area contributed by atoms with Crippen molar-refractivity contribution in [2.24, 2.45) is 5.41 Å². The minimum Gasteiger partial charge on any atom is -0.462 e. The Labute approximate surface area is 166 Å². The Hall–Kier alpha value is -1.92. The standard InChI is InChI=1S/C22H31NO5/c1-16(28-17(2)24)22(21(25)27-15-18-6-4-3-5-7-18)11-8-20(14-22)23-19-9-12-26-13-10-19/h3-7,16,19-20,23H,8-15H2,1-2H3/t16?,20-,22+/m1/s1. The van der Waals surface area contributed by atoms with Gasteiger partial charge in [-0.25, -0.2) is 0 Å². The number of nitrogens with one attached hydrogen (secondary N) is 1. The molecule has 1 N–H and O–H groups in total. The summed E-state index contributed by atoms with van der Waals surface area (Å²) in [6.45, 7) is 4.97. The van der Waals surface area contributed by atoms with Crippen LogP contribution in [0.5, 0.6) is 0 Å². The fourth-order valence-corrected chi connectivity index (χ4v) is 4.36. The Morgan fingerprint density at radius 1 is 1.18 bits per heavy atom. The highest BCUT2D eigenvalue weighted by molar-refractivity contribution is 5.79. The molecule has 0 spiro atoms. The first kappa shape index (κ1) is 20.8. The highest BCUT2D eigenvalue weighted by Crippen LogP contribution is 2.44. The van der Waals surface area contributed by atoms with E-state index in [4.69, 9.17) is 14.2 Å². The van der Waals surface area contributed by atoms with Gasteiger partial charge >= 0.3 is 11.9 Å². The predicted molar refractivity (Wildman–Crippen MR) is 105 cm³/mol. The third-order valence-corrected chi connectivity index (χ3v) is 5.98. The Morgan fingerprint density at radius 3 is 2.57 bits per heavy atom. The number of rotatable bonds is 7. The molecule has 1 aliphatic carbocycles. The predicted octanol–water partition coefficient (Wildman–Crippen LogP) is 2.99. The summed E-state index contributed by atoms with van der Waals surface area (Å²) in [6.07, 6.45) is 3.59. The van der Waals surface area contributed by atoms with E-state index < -0.39 is 11.5 Å². The maximum atomic E-state index is 13.1. The van der Waals surface area contributed by atoms with Crippen molar-refractivity contribution >= 4 is 11.9 Å². The minimum absolute atomic E-state index is 0.213. The second-order valence-electron chi connectivity index (χ2n) is 7.96. The lowest BCUT2D eigenvalue weighted by Gasteiger charge is -2.33. The first-order valence-electron chi connectivity index (χ1n) is 10.2. The molecule has 0 aromatic heterocycles. The van der Waals surface area contributed by atoms with Crippen LogP contribution in [0.15, 0.2) is 30.3 Å². The topological polar surface area (TPSA) is 73.9 Å². The Balaban J connectivity index is 1.67. The van der Waals surface area contributed by atoms with Gasteiger partial charge in [-0.15, -0.1) is 0 Å². The van der Waals surface area contributed by atoms with Crippen LogP contribution in [0.3, 0.4) is 0 Å². The monoisotopic (exact) mass is 389 g/mol. The van der Waals surface area contributed by atoms with Crippen LogP contribution in [0.25, 0.3) is 0 Å². The van der Waals surface area contributed by atoms with Crippen molar-refractivity contribution in [2.45, 2.75) is 70.7 Å². The van der Waals surface area contributed by atoms with E-state index in [1.165, 1.54) is 6.92 Å². The summed E-state index contributed by atoms with van der Waals surface area (Å²) >= 11 is 0. The molecule has 2 aliphatic rings. The fraction of sp³-hybridized carbons (Fsp3) is 0.636. The van der Waals surface area contributed by atoms with Crippen LogP contribution < -0.4 is 5.32 Å². The van der Waals surface area contributed by atoms with Crippen molar-refractivity contribution in [1.82, 2.24) is 5.32 Å². The van der Waals surface area contributed by atoms with Crippen molar-refractivity contribution in [1.29, 1.82) is 0 Å². The van der Waals surface area contributed by atoms with E-state index in [9.17, 15) is 9.59 Å². The highest BCUT2D eigenvalue weighted by Gasteiger charge is 2.52. The lowest BCUT2D eigenvalue weighted by atomic mass is 9.80. The molecule has 3 atom stereocenters. The van der Waals surface area contributed by atoms with E-state index in [-0.39, 0.29) is 24.6 Å². The lowest BCUT2D eigenvalue weighted by molar-refractivity contribution is -0.172. The number of carbonyl (C=O) groups excluding carboxylic acids is 2. The Bertz CT molecular complexity index is 658. The zero-order valence-corrected chi connectivity index (χ0v) is 16.8. The minimum atomic E-state index is -0.802. The first-order valence-corrected chi connectivity index (χ1v) is 10.2. The van der Waals surface area contributed by atoms with E-state index in [1.807, 2.05) is 37.3 Å².